The number of esters is 1. The lowest BCUT2D eigenvalue weighted by Gasteiger charge is -2.09. The van der Waals surface area contributed by atoms with Gasteiger partial charge in [-0.2, -0.15) is 0 Å². The van der Waals surface area contributed by atoms with Crippen molar-refractivity contribution in [2.24, 2.45) is 0 Å². The van der Waals surface area contributed by atoms with Crippen LogP contribution in [0.15, 0.2) is 48.5 Å². The maximum atomic E-state index is 11.9. The van der Waals surface area contributed by atoms with Crippen molar-refractivity contribution < 1.29 is 28.7 Å². The Kier molecular flexibility index (Phi) is 7.27. The van der Waals surface area contributed by atoms with Crippen LogP contribution in [0.2, 0.25) is 0 Å². The predicted octanol–water partition coefficient (Wildman–Crippen LogP) is 1.81. The lowest BCUT2D eigenvalue weighted by molar-refractivity contribution is -0.149. The number of carbonyl (C=O) groups excluding carboxylic acids is 4. The molecule has 28 heavy (non-hydrogen) atoms. The Labute approximate surface area is 161 Å². The number of ether oxygens (including phenoxy) is 2. The summed E-state index contributed by atoms with van der Waals surface area (Å²) < 4.78 is 10.1. The zero-order chi connectivity index (χ0) is 20.5. The third kappa shape index (κ3) is 6.24. The van der Waals surface area contributed by atoms with E-state index in [-0.39, 0.29) is 18.3 Å². The highest BCUT2D eigenvalue weighted by Gasteiger charge is 2.10. The minimum Gasteiger partial charge on any atom is -0.482 e. The van der Waals surface area contributed by atoms with Gasteiger partial charge in [0.2, 0.25) is 0 Å². The Balaban J connectivity index is 1.77. The van der Waals surface area contributed by atoms with Crippen LogP contribution in [-0.2, 0) is 14.3 Å². The highest BCUT2D eigenvalue weighted by molar-refractivity contribution is 5.97. The van der Waals surface area contributed by atoms with Gasteiger partial charge in [0.25, 0.3) is 11.8 Å². The van der Waals surface area contributed by atoms with Gasteiger partial charge in [0, 0.05) is 23.9 Å². The van der Waals surface area contributed by atoms with Crippen molar-refractivity contribution >= 4 is 29.3 Å². The molecule has 0 bridgehead atoms. The normalized spacial score (nSPS) is 9.93. The Bertz CT molecular complexity index is 877. The van der Waals surface area contributed by atoms with Crippen molar-refractivity contribution in [1.82, 2.24) is 5.32 Å². The lowest BCUT2D eigenvalue weighted by atomic mass is 10.1. The molecule has 0 saturated heterocycles. The fourth-order valence-electron chi connectivity index (χ4n) is 2.20. The van der Waals surface area contributed by atoms with E-state index in [1.165, 1.54) is 20.0 Å². The molecule has 0 aromatic heterocycles. The van der Waals surface area contributed by atoms with E-state index < -0.39 is 18.5 Å². The van der Waals surface area contributed by atoms with Crippen molar-refractivity contribution in [2.75, 3.05) is 25.6 Å². The molecule has 0 radical (unpaired) electrons. The molecule has 0 aliphatic carbocycles. The topological polar surface area (TPSA) is 111 Å². The van der Waals surface area contributed by atoms with Crippen molar-refractivity contribution in [2.45, 2.75) is 6.92 Å². The summed E-state index contributed by atoms with van der Waals surface area (Å²) in [7, 11) is 1.51. The van der Waals surface area contributed by atoms with Crippen LogP contribution in [0, 0.1) is 0 Å². The highest BCUT2D eigenvalue weighted by Crippen LogP contribution is 2.13. The predicted molar refractivity (Wildman–Crippen MR) is 101 cm³/mol. The van der Waals surface area contributed by atoms with E-state index in [4.69, 9.17) is 9.47 Å². The summed E-state index contributed by atoms with van der Waals surface area (Å²) in [5.41, 5.74) is 1.33. The van der Waals surface area contributed by atoms with Gasteiger partial charge in [-0.05, 0) is 49.4 Å². The van der Waals surface area contributed by atoms with Crippen LogP contribution in [0.3, 0.4) is 0 Å². The summed E-state index contributed by atoms with van der Waals surface area (Å²) in [5, 5.41) is 5.02. The second kappa shape index (κ2) is 9.86. The Hall–Kier alpha value is -3.68. The summed E-state index contributed by atoms with van der Waals surface area (Å²) in [4.78, 5) is 46.4. The first-order valence-corrected chi connectivity index (χ1v) is 8.40. The van der Waals surface area contributed by atoms with Crippen LogP contribution in [0.1, 0.15) is 27.6 Å². The van der Waals surface area contributed by atoms with E-state index in [0.717, 1.165) is 0 Å². The number of hydrogen-bond donors (Lipinski definition) is 2. The summed E-state index contributed by atoms with van der Waals surface area (Å²) in [6.45, 7) is 0.585. The number of rotatable bonds is 8. The Morgan fingerprint density at radius 1 is 0.929 bits per heavy atom. The van der Waals surface area contributed by atoms with Gasteiger partial charge in [-0.15, -0.1) is 0 Å². The fraction of sp³-hybridized carbons (Fsp3) is 0.200. The van der Waals surface area contributed by atoms with Gasteiger partial charge in [-0.25, -0.2) is 4.79 Å². The average molecular weight is 384 g/mol. The third-order valence-electron chi connectivity index (χ3n) is 3.62. The highest BCUT2D eigenvalue weighted by atomic mass is 16.6. The molecule has 8 heteroatoms. The smallest absolute Gasteiger partial charge is 0.344 e. The van der Waals surface area contributed by atoms with Crippen molar-refractivity contribution in [3.8, 4) is 5.75 Å². The van der Waals surface area contributed by atoms with E-state index in [2.05, 4.69) is 10.6 Å². The van der Waals surface area contributed by atoms with E-state index in [1.54, 1.807) is 42.5 Å². The molecule has 0 aliphatic rings. The van der Waals surface area contributed by atoms with Gasteiger partial charge < -0.3 is 20.1 Å². The molecule has 0 spiro atoms. The average Bonchev–Trinajstić information content (AvgIpc) is 2.70. The number of amides is 2. The summed E-state index contributed by atoms with van der Waals surface area (Å²) in [5.74, 6) is -1.22. The number of carbonyl (C=O) groups is 4. The van der Waals surface area contributed by atoms with Gasteiger partial charge in [0.1, 0.15) is 5.75 Å². The molecule has 0 saturated carbocycles. The number of ketones is 1. The SMILES string of the molecule is CNC(=O)c1cccc(NC(=O)COC(=O)COc2ccc(C(C)=O)cc2)c1. The minimum atomic E-state index is -0.718. The van der Waals surface area contributed by atoms with Crippen LogP contribution in [-0.4, -0.2) is 43.8 Å². The van der Waals surface area contributed by atoms with Gasteiger partial charge in [-0.1, -0.05) is 6.07 Å². The number of hydrogen-bond acceptors (Lipinski definition) is 6. The van der Waals surface area contributed by atoms with Gasteiger partial charge in [-0.3, -0.25) is 14.4 Å². The largest absolute Gasteiger partial charge is 0.482 e. The van der Waals surface area contributed by atoms with E-state index >= 15 is 0 Å². The molecule has 2 amide bonds. The zero-order valence-corrected chi connectivity index (χ0v) is 15.5. The second-order valence-electron chi connectivity index (χ2n) is 5.74. The lowest BCUT2D eigenvalue weighted by Crippen LogP contribution is -2.24. The third-order valence-corrected chi connectivity index (χ3v) is 3.62. The Morgan fingerprint density at radius 3 is 2.29 bits per heavy atom. The van der Waals surface area contributed by atoms with E-state index in [1.807, 2.05) is 0 Å². The quantitative estimate of drug-likeness (QED) is 0.530. The molecular formula is C20H20N2O6. The summed E-state index contributed by atoms with van der Waals surface area (Å²) in [6, 6.07) is 12.7. The molecule has 0 atom stereocenters. The van der Waals surface area contributed by atoms with Crippen LogP contribution in [0.5, 0.6) is 5.75 Å². The molecule has 2 aromatic rings. The Morgan fingerprint density at radius 2 is 1.64 bits per heavy atom. The maximum Gasteiger partial charge on any atom is 0.344 e. The zero-order valence-electron chi connectivity index (χ0n) is 15.5. The van der Waals surface area contributed by atoms with Crippen LogP contribution >= 0.6 is 0 Å². The first-order valence-electron chi connectivity index (χ1n) is 8.40. The number of benzene rings is 2. The van der Waals surface area contributed by atoms with E-state index in [9.17, 15) is 19.2 Å². The molecule has 2 N–H and O–H groups in total. The minimum absolute atomic E-state index is 0.0715. The maximum absolute atomic E-state index is 11.9. The van der Waals surface area contributed by atoms with Gasteiger partial charge >= 0.3 is 5.97 Å². The molecule has 146 valence electrons. The van der Waals surface area contributed by atoms with Crippen LogP contribution < -0.4 is 15.4 Å². The molecule has 0 fully saturated rings. The van der Waals surface area contributed by atoms with Crippen molar-refractivity contribution in [3.63, 3.8) is 0 Å². The first-order chi connectivity index (χ1) is 13.4. The van der Waals surface area contributed by atoms with Crippen molar-refractivity contribution in [1.29, 1.82) is 0 Å². The number of Topliss-reactive ketones (excluding diaryl/α,β-unsaturated/α-hetero) is 1. The molecule has 8 nitrogen and oxygen atoms in total. The molecule has 0 aliphatic heterocycles. The number of nitrogens with one attached hydrogen (secondary N) is 2. The molecule has 2 aromatic carbocycles. The van der Waals surface area contributed by atoms with Gasteiger partial charge in [0.05, 0.1) is 0 Å². The molecule has 0 heterocycles. The molecule has 2 rings (SSSR count). The summed E-state index contributed by atoms with van der Waals surface area (Å²) in [6.07, 6.45) is 0. The monoisotopic (exact) mass is 384 g/mol. The number of anilines is 1. The second-order valence-corrected chi connectivity index (χ2v) is 5.74. The standard InChI is InChI=1S/C20H20N2O6/c1-13(23)14-6-8-17(9-7-14)27-12-19(25)28-11-18(24)22-16-5-3-4-15(10-16)20(26)21-2/h3-10H,11-12H2,1-2H3,(H,21,26)(H,22,24). The van der Waals surface area contributed by atoms with Gasteiger partial charge in [0.15, 0.2) is 19.0 Å². The molecular weight excluding hydrogens is 364 g/mol. The van der Waals surface area contributed by atoms with E-state index in [0.29, 0.717) is 22.6 Å². The summed E-state index contributed by atoms with van der Waals surface area (Å²) >= 11 is 0. The molecule has 0 unspecified atom stereocenters. The van der Waals surface area contributed by atoms with Crippen LogP contribution in [0.25, 0.3) is 0 Å². The fourth-order valence-corrected chi connectivity index (χ4v) is 2.20. The first kappa shape index (κ1) is 20.6. The van der Waals surface area contributed by atoms with Crippen LogP contribution in [0.4, 0.5) is 5.69 Å². The van der Waals surface area contributed by atoms with Crippen molar-refractivity contribution in [3.05, 3.63) is 59.7 Å².